The quantitative estimate of drug-likeness (QED) is 0.814. The number of rotatable bonds is 7. The predicted molar refractivity (Wildman–Crippen MR) is 92.6 cm³/mol. The molecule has 2 rings (SSSR count). The van der Waals surface area contributed by atoms with Crippen molar-refractivity contribution in [2.75, 3.05) is 13.2 Å². The average molecular weight is 333 g/mol. The van der Waals surface area contributed by atoms with Crippen molar-refractivity contribution in [1.82, 2.24) is 15.6 Å². The van der Waals surface area contributed by atoms with Crippen molar-refractivity contribution in [1.29, 1.82) is 0 Å². The van der Waals surface area contributed by atoms with Gasteiger partial charge in [-0.15, -0.1) is 11.3 Å². The summed E-state index contributed by atoms with van der Waals surface area (Å²) in [5.74, 6) is 0. The Hall–Kier alpha value is -1.92. The number of hydrogen-bond donors (Lipinski definition) is 2. The minimum absolute atomic E-state index is 0.115. The van der Waals surface area contributed by atoms with Crippen LogP contribution in [0.1, 0.15) is 41.4 Å². The third kappa shape index (κ3) is 5.33. The van der Waals surface area contributed by atoms with Crippen LogP contribution in [0.15, 0.2) is 36.5 Å². The number of nitrogens with zero attached hydrogens (tertiary/aromatic N) is 1. The second kappa shape index (κ2) is 8.64. The second-order valence-corrected chi connectivity index (χ2v) is 6.51. The summed E-state index contributed by atoms with van der Waals surface area (Å²) in [5, 5.41) is 6.68. The fourth-order valence-corrected chi connectivity index (χ4v) is 2.99. The number of carbonyl (C=O) groups is 1. The number of ether oxygens (including phenoxy) is 1. The largest absolute Gasteiger partial charge is 0.372 e. The molecule has 0 aliphatic rings. The van der Waals surface area contributed by atoms with E-state index in [0.29, 0.717) is 13.2 Å². The van der Waals surface area contributed by atoms with E-state index in [4.69, 9.17) is 4.74 Å². The molecule has 0 aliphatic heterocycles. The zero-order chi connectivity index (χ0) is 16.7. The van der Waals surface area contributed by atoms with Crippen LogP contribution in [0.25, 0.3) is 0 Å². The van der Waals surface area contributed by atoms with Gasteiger partial charge < -0.3 is 15.4 Å². The number of urea groups is 1. The third-order valence-electron chi connectivity index (χ3n) is 3.34. The normalized spacial score (nSPS) is 13.3. The molecule has 0 saturated carbocycles. The number of thiazole rings is 1. The van der Waals surface area contributed by atoms with E-state index >= 15 is 0 Å². The van der Waals surface area contributed by atoms with Crippen molar-refractivity contribution in [3.8, 4) is 0 Å². The first kappa shape index (κ1) is 17.4. The molecule has 2 N–H and O–H groups in total. The van der Waals surface area contributed by atoms with Gasteiger partial charge in [-0.05, 0) is 26.3 Å². The van der Waals surface area contributed by atoms with E-state index in [0.717, 1.165) is 15.4 Å². The van der Waals surface area contributed by atoms with Crippen LogP contribution in [0.4, 0.5) is 4.79 Å². The minimum atomic E-state index is -0.217. The van der Waals surface area contributed by atoms with Gasteiger partial charge in [-0.2, -0.15) is 0 Å². The molecule has 1 aromatic carbocycles. The number of hydrogen-bond acceptors (Lipinski definition) is 4. The van der Waals surface area contributed by atoms with E-state index in [2.05, 4.69) is 15.6 Å². The maximum Gasteiger partial charge on any atom is 0.315 e. The summed E-state index contributed by atoms with van der Waals surface area (Å²) in [6.07, 6.45) is 1.67. The highest BCUT2D eigenvalue weighted by molar-refractivity contribution is 7.11. The molecule has 1 heterocycles. The van der Waals surface area contributed by atoms with E-state index < -0.39 is 0 Å². The van der Waals surface area contributed by atoms with E-state index in [-0.39, 0.29) is 18.2 Å². The molecule has 0 fully saturated rings. The van der Waals surface area contributed by atoms with Crippen molar-refractivity contribution in [3.05, 3.63) is 52.0 Å². The Bertz CT molecular complexity index is 615. The van der Waals surface area contributed by atoms with Crippen LogP contribution in [0.2, 0.25) is 0 Å². The van der Waals surface area contributed by atoms with Crippen LogP contribution < -0.4 is 10.6 Å². The lowest BCUT2D eigenvalue weighted by atomic mass is 10.1. The molecule has 1 aromatic heterocycles. The summed E-state index contributed by atoms with van der Waals surface area (Å²) in [6, 6.07) is 9.57. The van der Waals surface area contributed by atoms with Gasteiger partial charge >= 0.3 is 6.03 Å². The van der Waals surface area contributed by atoms with Gasteiger partial charge in [0, 0.05) is 24.2 Å². The molecule has 124 valence electrons. The molecule has 2 amide bonds. The summed E-state index contributed by atoms with van der Waals surface area (Å²) in [7, 11) is 0. The van der Waals surface area contributed by atoms with E-state index in [9.17, 15) is 4.79 Å². The van der Waals surface area contributed by atoms with Gasteiger partial charge in [0.1, 0.15) is 5.01 Å². The summed E-state index contributed by atoms with van der Waals surface area (Å²) in [6.45, 7) is 6.89. The molecule has 0 unspecified atom stereocenters. The fourth-order valence-electron chi connectivity index (χ4n) is 2.21. The van der Waals surface area contributed by atoms with E-state index in [1.54, 1.807) is 11.3 Å². The highest BCUT2D eigenvalue weighted by Gasteiger charge is 2.15. The molecule has 2 aromatic rings. The second-order valence-electron chi connectivity index (χ2n) is 5.24. The van der Waals surface area contributed by atoms with Crippen molar-refractivity contribution in [2.24, 2.45) is 0 Å². The lowest BCUT2D eigenvalue weighted by Gasteiger charge is -2.19. The van der Waals surface area contributed by atoms with E-state index in [1.807, 2.05) is 57.3 Å². The monoisotopic (exact) mass is 333 g/mol. The molecule has 0 spiro atoms. The summed E-state index contributed by atoms with van der Waals surface area (Å²) in [4.78, 5) is 17.5. The average Bonchev–Trinajstić information content (AvgIpc) is 2.99. The van der Waals surface area contributed by atoms with Crippen LogP contribution >= 0.6 is 11.3 Å². The Labute approximate surface area is 141 Å². The van der Waals surface area contributed by atoms with Gasteiger partial charge in [0.05, 0.1) is 12.1 Å². The smallest absolute Gasteiger partial charge is 0.315 e. The number of amides is 2. The Morgan fingerprint density at radius 3 is 2.70 bits per heavy atom. The highest BCUT2D eigenvalue weighted by Crippen LogP contribution is 2.19. The Balaban J connectivity index is 1.86. The van der Waals surface area contributed by atoms with Crippen molar-refractivity contribution >= 4 is 17.4 Å². The molecule has 0 saturated heterocycles. The molecule has 23 heavy (non-hydrogen) atoms. The Kier molecular flexibility index (Phi) is 6.55. The topological polar surface area (TPSA) is 63.2 Å². The lowest BCUT2D eigenvalue weighted by Crippen LogP contribution is -2.39. The molecule has 6 heteroatoms. The zero-order valence-corrected chi connectivity index (χ0v) is 14.5. The lowest BCUT2D eigenvalue weighted by molar-refractivity contribution is 0.0639. The molecule has 0 bridgehead atoms. The summed E-state index contributed by atoms with van der Waals surface area (Å²) >= 11 is 1.59. The number of aryl methyl sites for hydroxylation is 1. The van der Waals surface area contributed by atoms with Crippen molar-refractivity contribution < 1.29 is 9.53 Å². The van der Waals surface area contributed by atoms with Crippen LogP contribution in [0, 0.1) is 6.92 Å². The minimum Gasteiger partial charge on any atom is -0.372 e. The first-order valence-corrected chi connectivity index (χ1v) is 8.55. The number of benzene rings is 1. The fraction of sp³-hybridized carbons (Fsp3) is 0.412. The van der Waals surface area contributed by atoms with Crippen LogP contribution in [0.3, 0.4) is 0 Å². The molecule has 2 atom stereocenters. The summed E-state index contributed by atoms with van der Waals surface area (Å²) < 4.78 is 5.72. The van der Waals surface area contributed by atoms with Gasteiger partial charge in [0.2, 0.25) is 0 Å². The number of carbonyl (C=O) groups excluding carboxylic acids is 1. The maximum absolute atomic E-state index is 12.1. The van der Waals surface area contributed by atoms with Gasteiger partial charge in [0.25, 0.3) is 0 Å². The molecule has 5 nitrogen and oxygen atoms in total. The Morgan fingerprint density at radius 1 is 1.35 bits per heavy atom. The van der Waals surface area contributed by atoms with Crippen molar-refractivity contribution in [2.45, 2.75) is 32.9 Å². The standard InChI is InChI=1S/C17H23N3O2S/c1-4-22-15(14-8-6-5-7-9-14)11-19-17(21)20-13(3)16-18-10-12(2)23-16/h5-10,13,15H,4,11H2,1-3H3,(H2,19,20,21)/t13-,15-/m1/s1. The first-order chi connectivity index (χ1) is 11.1. The van der Waals surface area contributed by atoms with Crippen LogP contribution in [-0.4, -0.2) is 24.2 Å². The zero-order valence-electron chi connectivity index (χ0n) is 13.7. The van der Waals surface area contributed by atoms with Gasteiger partial charge in [-0.1, -0.05) is 30.3 Å². The van der Waals surface area contributed by atoms with Crippen LogP contribution in [0.5, 0.6) is 0 Å². The molecular weight excluding hydrogens is 310 g/mol. The number of aromatic nitrogens is 1. The number of nitrogens with one attached hydrogen (secondary N) is 2. The molecule has 0 aliphatic carbocycles. The third-order valence-corrected chi connectivity index (χ3v) is 4.44. The Morgan fingerprint density at radius 2 is 2.09 bits per heavy atom. The SMILES string of the molecule is CCO[C@H](CNC(=O)N[C@H](C)c1ncc(C)s1)c1ccccc1. The van der Waals surface area contributed by atoms with Crippen LogP contribution in [-0.2, 0) is 4.74 Å². The van der Waals surface area contributed by atoms with E-state index in [1.165, 1.54) is 0 Å². The summed E-state index contributed by atoms with van der Waals surface area (Å²) in [5.41, 5.74) is 1.05. The van der Waals surface area contributed by atoms with Gasteiger partial charge in [0.15, 0.2) is 0 Å². The first-order valence-electron chi connectivity index (χ1n) is 7.73. The molecular formula is C17H23N3O2S. The molecule has 0 radical (unpaired) electrons. The maximum atomic E-state index is 12.1. The van der Waals surface area contributed by atoms with Gasteiger partial charge in [-0.3, -0.25) is 0 Å². The predicted octanol–water partition coefficient (Wildman–Crippen LogP) is 3.59. The highest BCUT2D eigenvalue weighted by atomic mass is 32.1. The van der Waals surface area contributed by atoms with Crippen molar-refractivity contribution in [3.63, 3.8) is 0 Å². The van der Waals surface area contributed by atoms with Gasteiger partial charge in [-0.25, -0.2) is 9.78 Å².